The van der Waals surface area contributed by atoms with Crippen molar-refractivity contribution in [2.75, 3.05) is 6.54 Å². The molecular formula is C16H23FN2O. The van der Waals surface area contributed by atoms with Crippen LogP contribution >= 0.6 is 0 Å². The Morgan fingerprint density at radius 2 is 2.15 bits per heavy atom. The van der Waals surface area contributed by atoms with Crippen LogP contribution in [-0.4, -0.2) is 18.0 Å². The fourth-order valence-corrected chi connectivity index (χ4v) is 2.92. The van der Waals surface area contributed by atoms with Gasteiger partial charge in [-0.15, -0.1) is 0 Å². The van der Waals surface area contributed by atoms with Gasteiger partial charge in [0.25, 0.3) is 0 Å². The fraction of sp³-hybridized carbons (Fsp3) is 0.562. The van der Waals surface area contributed by atoms with Gasteiger partial charge in [-0.1, -0.05) is 25.5 Å². The molecule has 2 atom stereocenters. The topological polar surface area (TPSA) is 41.1 Å². The minimum atomic E-state index is -0.414. The van der Waals surface area contributed by atoms with E-state index < -0.39 is 5.54 Å². The normalized spacial score (nSPS) is 23.6. The van der Waals surface area contributed by atoms with Crippen LogP contribution in [-0.2, 0) is 4.79 Å². The highest BCUT2D eigenvalue weighted by atomic mass is 19.1. The average molecular weight is 278 g/mol. The Labute approximate surface area is 120 Å². The summed E-state index contributed by atoms with van der Waals surface area (Å²) in [5.41, 5.74) is 0.507. The van der Waals surface area contributed by atoms with E-state index in [1.165, 1.54) is 12.1 Å². The highest BCUT2D eigenvalue weighted by Gasteiger charge is 2.40. The number of carbonyl (C=O) groups is 1. The first-order valence-electron chi connectivity index (χ1n) is 7.39. The van der Waals surface area contributed by atoms with Gasteiger partial charge in [0, 0.05) is 0 Å². The Bertz CT molecular complexity index is 452. The summed E-state index contributed by atoms with van der Waals surface area (Å²) in [5.74, 6) is -0.194. The summed E-state index contributed by atoms with van der Waals surface area (Å²) in [6, 6.07) is 6.17. The van der Waals surface area contributed by atoms with Crippen LogP contribution in [0.25, 0.3) is 0 Å². The third-order valence-corrected chi connectivity index (χ3v) is 4.07. The van der Waals surface area contributed by atoms with Gasteiger partial charge >= 0.3 is 0 Å². The molecule has 1 saturated heterocycles. The number of halogens is 1. The maximum Gasteiger partial charge on any atom is 0.240 e. The van der Waals surface area contributed by atoms with Gasteiger partial charge in [0.15, 0.2) is 0 Å². The van der Waals surface area contributed by atoms with Crippen LogP contribution < -0.4 is 10.6 Å². The predicted octanol–water partition coefficient (Wildman–Crippen LogP) is 2.93. The van der Waals surface area contributed by atoms with Gasteiger partial charge in [0.2, 0.25) is 5.91 Å². The van der Waals surface area contributed by atoms with Crippen molar-refractivity contribution in [2.24, 2.45) is 0 Å². The molecule has 1 fully saturated rings. The molecule has 1 aliphatic heterocycles. The molecule has 1 heterocycles. The second kappa shape index (κ2) is 6.35. The Hall–Kier alpha value is -1.42. The molecule has 0 saturated carbocycles. The molecule has 1 unspecified atom stereocenters. The van der Waals surface area contributed by atoms with E-state index >= 15 is 0 Å². The maximum atomic E-state index is 12.9. The second-order valence-electron chi connectivity index (χ2n) is 5.61. The standard InChI is InChI=1S/C16H23FN2O/c1-3-9-16(10-4-11-18-16)15(20)19-12(2)13-5-7-14(17)8-6-13/h5-8,12,18H,3-4,9-11H2,1-2H3,(H,19,20)/t12-,16?/m0/s1. The van der Waals surface area contributed by atoms with Gasteiger partial charge in [-0.05, 0) is 50.4 Å². The van der Waals surface area contributed by atoms with Gasteiger partial charge in [-0.2, -0.15) is 0 Å². The third-order valence-electron chi connectivity index (χ3n) is 4.07. The van der Waals surface area contributed by atoms with Gasteiger partial charge in [-0.25, -0.2) is 4.39 Å². The molecule has 0 bridgehead atoms. The zero-order valence-electron chi connectivity index (χ0n) is 12.2. The number of amides is 1. The molecule has 0 spiro atoms. The van der Waals surface area contributed by atoms with Crippen LogP contribution in [0.5, 0.6) is 0 Å². The monoisotopic (exact) mass is 278 g/mol. The summed E-state index contributed by atoms with van der Waals surface area (Å²) >= 11 is 0. The number of carbonyl (C=O) groups excluding carboxylic acids is 1. The summed E-state index contributed by atoms with van der Waals surface area (Å²) in [7, 11) is 0. The molecule has 0 aromatic heterocycles. The Morgan fingerprint density at radius 1 is 1.45 bits per heavy atom. The Balaban J connectivity index is 2.04. The Morgan fingerprint density at radius 3 is 2.70 bits per heavy atom. The molecule has 1 aliphatic rings. The number of rotatable bonds is 5. The van der Waals surface area contributed by atoms with Crippen molar-refractivity contribution in [1.82, 2.24) is 10.6 Å². The zero-order chi connectivity index (χ0) is 14.6. The van der Waals surface area contributed by atoms with Crippen LogP contribution in [0.15, 0.2) is 24.3 Å². The Kier molecular flexibility index (Phi) is 4.76. The summed E-state index contributed by atoms with van der Waals surface area (Å²) in [4.78, 5) is 12.6. The summed E-state index contributed by atoms with van der Waals surface area (Å²) in [6.07, 6.45) is 3.77. The van der Waals surface area contributed by atoms with Crippen LogP contribution in [0, 0.1) is 5.82 Å². The number of hydrogen-bond donors (Lipinski definition) is 2. The molecule has 1 aromatic carbocycles. The molecule has 3 nitrogen and oxygen atoms in total. The highest BCUT2D eigenvalue weighted by molar-refractivity contribution is 5.87. The molecule has 2 rings (SSSR count). The van der Waals surface area contributed by atoms with Crippen molar-refractivity contribution >= 4 is 5.91 Å². The van der Waals surface area contributed by atoms with Crippen molar-refractivity contribution in [3.8, 4) is 0 Å². The molecule has 0 radical (unpaired) electrons. The second-order valence-corrected chi connectivity index (χ2v) is 5.61. The molecule has 20 heavy (non-hydrogen) atoms. The third kappa shape index (κ3) is 3.18. The van der Waals surface area contributed by atoms with Crippen molar-refractivity contribution in [3.05, 3.63) is 35.6 Å². The van der Waals surface area contributed by atoms with E-state index in [1.807, 2.05) is 6.92 Å². The summed E-state index contributed by atoms with van der Waals surface area (Å²) < 4.78 is 12.9. The van der Waals surface area contributed by atoms with Crippen molar-refractivity contribution < 1.29 is 9.18 Å². The summed E-state index contributed by atoms with van der Waals surface area (Å²) in [5, 5.41) is 6.42. The van der Waals surface area contributed by atoms with E-state index in [4.69, 9.17) is 0 Å². The number of hydrogen-bond acceptors (Lipinski definition) is 2. The van der Waals surface area contributed by atoms with Gasteiger partial charge < -0.3 is 10.6 Å². The first-order valence-corrected chi connectivity index (χ1v) is 7.39. The van der Waals surface area contributed by atoms with E-state index in [9.17, 15) is 9.18 Å². The summed E-state index contributed by atoms with van der Waals surface area (Å²) in [6.45, 7) is 4.93. The molecule has 1 aromatic rings. The fourth-order valence-electron chi connectivity index (χ4n) is 2.92. The van der Waals surface area contributed by atoms with Crippen LogP contribution in [0.3, 0.4) is 0 Å². The first-order chi connectivity index (χ1) is 9.57. The molecule has 0 aliphatic carbocycles. The minimum absolute atomic E-state index is 0.0636. The van der Waals surface area contributed by atoms with E-state index in [0.29, 0.717) is 0 Å². The lowest BCUT2D eigenvalue weighted by Crippen LogP contribution is -2.53. The van der Waals surface area contributed by atoms with E-state index in [0.717, 1.165) is 37.8 Å². The predicted molar refractivity (Wildman–Crippen MR) is 77.8 cm³/mol. The molecule has 110 valence electrons. The number of benzene rings is 1. The van der Waals surface area contributed by atoms with Crippen LogP contribution in [0.2, 0.25) is 0 Å². The van der Waals surface area contributed by atoms with Crippen LogP contribution in [0.4, 0.5) is 4.39 Å². The molecular weight excluding hydrogens is 255 g/mol. The zero-order valence-corrected chi connectivity index (χ0v) is 12.2. The lowest BCUT2D eigenvalue weighted by molar-refractivity contribution is -0.128. The quantitative estimate of drug-likeness (QED) is 0.869. The van der Waals surface area contributed by atoms with Crippen molar-refractivity contribution in [1.29, 1.82) is 0 Å². The van der Waals surface area contributed by atoms with E-state index in [-0.39, 0.29) is 17.8 Å². The smallest absolute Gasteiger partial charge is 0.240 e. The van der Waals surface area contributed by atoms with E-state index in [1.54, 1.807) is 12.1 Å². The van der Waals surface area contributed by atoms with E-state index in [2.05, 4.69) is 17.6 Å². The van der Waals surface area contributed by atoms with Gasteiger partial charge in [0.05, 0.1) is 11.6 Å². The first kappa shape index (κ1) is 15.0. The van der Waals surface area contributed by atoms with Crippen molar-refractivity contribution in [2.45, 2.75) is 51.1 Å². The highest BCUT2D eigenvalue weighted by Crippen LogP contribution is 2.26. The maximum absolute atomic E-state index is 12.9. The minimum Gasteiger partial charge on any atom is -0.348 e. The number of nitrogens with one attached hydrogen (secondary N) is 2. The SMILES string of the molecule is CCCC1(C(=O)N[C@@H](C)c2ccc(F)cc2)CCCN1. The van der Waals surface area contributed by atoms with Gasteiger partial charge in [0.1, 0.15) is 5.82 Å². The van der Waals surface area contributed by atoms with Crippen LogP contribution in [0.1, 0.15) is 51.1 Å². The lowest BCUT2D eigenvalue weighted by Gasteiger charge is -2.29. The average Bonchev–Trinajstić information content (AvgIpc) is 2.89. The largest absolute Gasteiger partial charge is 0.348 e. The molecule has 2 N–H and O–H groups in total. The molecule has 1 amide bonds. The lowest BCUT2D eigenvalue weighted by atomic mass is 9.90. The molecule has 4 heteroatoms. The van der Waals surface area contributed by atoms with Crippen molar-refractivity contribution in [3.63, 3.8) is 0 Å². The van der Waals surface area contributed by atoms with Gasteiger partial charge in [-0.3, -0.25) is 4.79 Å².